The maximum atomic E-state index is 15.0. The fourth-order valence-electron chi connectivity index (χ4n) is 3.98. The van der Waals surface area contributed by atoms with E-state index in [1.807, 2.05) is 43.3 Å². The van der Waals surface area contributed by atoms with Gasteiger partial charge in [0.2, 0.25) is 5.91 Å². The Bertz CT molecular complexity index is 1430. The largest absolute Gasteiger partial charge is 0.383 e. The number of carbonyl (C=O) groups is 1. The molecular weight excluding hydrogens is 479 g/mol. The summed E-state index contributed by atoms with van der Waals surface area (Å²) in [5, 5.41) is 5.19. The molecule has 1 unspecified atom stereocenters. The Hall–Kier alpha value is -4.46. The zero-order valence-electron chi connectivity index (χ0n) is 21.9. The lowest BCUT2D eigenvalue weighted by Crippen LogP contribution is -2.16. The van der Waals surface area contributed by atoms with Crippen molar-refractivity contribution in [3.05, 3.63) is 108 Å². The van der Waals surface area contributed by atoms with E-state index < -0.39 is 11.9 Å². The molecule has 0 saturated heterocycles. The number of hydrogen-bond acceptors (Lipinski definition) is 5. The summed E-state index contributed by atoms with van der Waals surface area (Å²) in [6.07, 6.45) is 7.57. The highest BCUT2D eigenvalue weighted by Crippen LogP contribution is 2.30. The van der Waals surface area contributed by atoms with Crippen molar-refractivity contribution in [3.63, 3.8) is 0 Å². The zero-order valence-corrected chi connectivity index (χ0v) is 21.9. The molecule has 0 fully saturated rings. The fraction of sp³-hybridized carbons (Fsp3) is 0.233. The standard InChI is InChI=1S/C26H27FN6O.C4H8/c1-3-16-4-7-22(27)21(12-16)24(26-31-14-19(33-26)10-15(2)11-23(28)34)32-18-5-6-20-17(13-18)8-9-30-25(20)29;1-3-4-2/h4-9,12-14,24,32H,2-3,10-11H2,1H3,(H2,28,34)(H2,29,30)(H,31,33);3H,1,4H2,2H3. The van der Waals surface area contributed by atoms with Crippen LogP contribution in [0.25, 0.3) is 10.8 Å². The number of fused-ring (bicyclic) bond motifs is 1. The summed E-state index contributed by atoms with van der Waals surface area (Å²) in [6.45, 7) is 11.5. The van der Waals surface area contributed by atoms with Crippen LogP contribution in [0.3, 0.4) is 0 Å². The number of H-pyrrole nitrogens is 1. The summed E-state index contributed by atoms with van der Waals surface area (Å²) in [4.78, 5) is 23.1. The minimum atomic E-state index is -0.582. The first-order valence-electron chi connectivity index (χ1n) is 12.5. The molecule has 38 heavy (non-hydrogen) atoms. The van der Waals surface area contributed by atoms with Gasteiger partial charge in [-0.3, -0.25) is 4.79 Å². The van der Waals surface area contributed by atoms with Crippen LogP contribution in [0.15, 0.2) is 79.7 Å². The molecule has 2 aromatic heterocycles. The summed E-state index contributed by atoms with van der Waals surface area (Å²) < 4.78 is 15.0. The van der Waals surface area contributed by atoms with Crippen LogP contribution in [-0.2, 0) is 17.6 Å². The molecule has 2 aromatic carbocycles. The number of benzene rings is 2. The Kier molecular flexibility index (Phi) is 9.76. The highest BCUT2D eigenvalue weighted by molar-refractivity contribution is 5.92. The van der Waals surface area contributed by atoms with Gasteiger partial charge in [0.1, 0.15) is 23.5 Å². The summed E-state index contributed by atoms with van der Waals surface area (Å²) in [5.74, 6) is 0.229. The van der Waals surface area contributed by atoms with Gasteiger partial charge < -0.3 is 21.8 Å². The van der Waals surface area contributed by atoms with Crippen LogP contribution in [0.4, 0.5) is 15.9 Å². The first kappa shape index (κ1) is 28.1. The average Bonchev–Trinajstić information content (AvgIpc) is 3.35. The quantitative estimate of drug-likeness (QED) is 0.193. The van der Waals surface area contributed by atoms with Gasteiger partial charge >= 0.3 is 0 Å². The van der Waals surface area contributed by atoms with Crippen molar-refractivity contribution in [2.45, 2.75) is 45.6 Å². The third kappa shape index (κ3) is 7.29. The second-order valence-electron chi connectivity index (χ2n) is 8.98. The molecule has 0 aliphatic carbocycles. The molecule has 4 rings (SSSR count). The number of amides is 1. The van der Waals surface area contributed by atoms with E-state index in [1.54, 1.807) is 18.5 Å². The van der Waals surface area contributed by atoms with Gasteiger partial charge in [0.15, 0.2) is 0 Å². The number of carbonyl (C=O) groups excluding carboxylic acids is 1. The second-order valence-corrected chi connectivity index (χ2v) is 8.98. The maximum absolute atomic E-state index is 15.0. The van der Waals surface area contributed by atoms with E-state index in [2.05, 4.69) is 40.4 Å². The maximum Gasteiger partial charge on any atom is 0.221 e. The van der Waals surface area contributed by atoms with Crippen LogP contribution in [-0.4, -0.2) is 20.9 Å². The van der Waals surface area contributed by atoms with E-state index in [4.69, 9.17) is 11.5 Å². The van der Waals surface area contributed by atoms with Crippen LogP contribution >= 0.6 is 0 Å². The molecule has 198 valence electrons. The van der Waals surface area contributed by atoms with E-state index in [0.717, 1.165) is 40.6 Å². The van der Waals surface area contributed by atoms with Crippen LogP contribution in [0.5, 0.6) is 0 Å². The first-order valence-corrected chi connectivity index (χ1v) is 12.5. The number of nitrogens with two attached hydrogens (primary N) is 2. The van der Waals surface area contributed by atoms with Crippen molar-refractivity contribution in [2.75, 3.05) is 11.1 Å². The van der Waals surface area contributed by atoms with Crippen LogP contribution < -0.4 is 16.8 Å². The number of aromatic amines is 1. The third-order valence-electron chi connectivity index (χ3n) is 5.96. The second kappa shape index (κ2) is 13.2. The molecule has 0 aliphatic heterocycles. The minimum absolute atomic E-state index is 0.0955. The first-order chi connectivity index (χ1) is 18.2. The highest BCUT2D eigenvalue weighted by Gasteiger charge is 2.22. The molecule has 0 saturated carbocycles. The Labute approximate surface area is 222 Å². The monoisotopic (exact) mass is 514 g/mol. The number of pyridine rings is 1. The van der Waals surface area contributed by atoms with Gasteiger partial charge in [-0.25, -0.2) is 14.4 Å². The topological polar surface area (TPSA) is 123 Å². The van der Waals surface area contributed by atoms with Gasteiger partial charge in [0, 0.05) is 47.6 Å². The molecule has 0 spiro atoms. The van der Waals surface area contributed by atoms with E-state index in [-0.39, 0.29) is 12.2 Å². The number of nitrogens with zero attached hydrogens (tertiary/aromatic N) is 2. The van der Waals surface area contributed by atoms with E-state index >= 15 is 4.39 Å². The van der Waals surface area contributed by atoms with Gasteiger partial charge in [-0.05, 0) is 54.1 Å². The normalized spacial score (nSPS) is 11.3. The third-order valence-corrected chi connectivity index (χ3v) is 5.96. The molecule has 7 nitrogen and oxygen atoms in total. The highest BCUT2D eigenvalue weighted by atomic mass is 19.1. The number of nitrogen functional groups attached to an aromatic ring is 1. The molecule has 0 aliphatic rings. The number of anilines is 2. The minimum Gasteiger partial charge on any atom is -0.383 e. The van der Waals surface area contributed by atoms with Crippen molar-refractivity contribution in [1.82, 2.24) is 15.0 Å². The molecule has 2 heterocycles. The summed E-state index contributed by atoms with van der Waals surface area (Å²) in [5.41, 5.74) is 15.0. The summed E-state index contributed by atoms with van der Waals surface area (Å²) in [7, 11) is 0. The lowest BCUT2D eigenvalue weighted by Gasteiger charge is -2.20. The lowest BCUT2D eigenvalue weighted by molar-refractivity contribution is -0.117. The van der Waals surface area contributed by atoms with Crippen LogP contribution in [0.1, 0.15) is 55.4 Å². The number of allylic oxidation sites excluding steroid dienone is 1. The molecule has 4 aromatic rings. The van der Waals surface area contributed by atoms with E-state index in [0.29, 0.717) is 29.2 Å². The van der Waals surface area contributed by atoms with Crippen molar-refractivity contribution in [1.29, 1.82) is 0 Å². The smallest absolute Gasteiger partial charge is 0.221 e. The van der Waals surface area contributed by atoms with Gasteiger partial charge in [-0.15, -0.1) is 6.58 Å². The Morgan fingerprint density at radius 1 is 1.18 bits per heavy atom. The summed E-state index contributed by atoms with van der Waals surface area (Å²) in [6, 6.07) is 12.1. The molecular formula is C30H35FN6O. The van der Waals surface area contributed by atoms with Crippen LogP contribution in [0.2, 0.25) is 0 Å². The van der Waals surface area contributed by atoms with Crippen molar-refractivity contribution in [3.8, 4) is 0 Å². The van der Waals surface area contributed by atoms with Crippen molar-refractivity contribution >= 4 is 28.2 Å². The number of imidazole rings is 1. The number of rotatable bonds is 10. The molecule has 8 heteroatoms. The van der Waals surface area contributed by atoms with Gasteiger partial charge in [0.05, 0.1) is 0 Å². The lowest BCUT2D eigenvalue weighted by atomic mass is 10.0. The van der Waals surface area contributed by atoms with Gasteiger partial charge in [-0.2, -0.15) is 0 Å². The number of aromatic nitrogens is 3. The Morgan fingerprint density at radius 3 is 2.63 bits per heavy atom. The summed E-state index contributed by atoms with van der Waals surface area (Å²) >= 11 is 0. The molecule has 1 amide bonds. The fourth-order valence-corrected chi connectivity index (χ4v) is 3.98. The number of primary amides is 1. The average molecular weight is 515 g/mol. The van der Waals surface area contributed by atoms with Crippen molar-refractivity contribution in [2.24, 2.45) is 5.73 Å². The zero-order chi connectivity index (χ0) is 27.7. The number of halogens is 1. The Balaban J connectivity index is 0.000000934. The molecule has 6 N–H and O–H groups in total. The van der Waals surface area contributed by atoms with E-state index in [9.17, 15) is 4.79 Å². The molecule has 1 atom stereocenters. The van der Waals surface area contributed by atoms with Crippen LogP contribution in [0, 0.1) is 5.82 Å². The number of aryl methyl sites for hydroxylation is 1. The van der Waals surface area contributed by atoms with Gasteiger partial charge in [-0.1, -0.05) is 44.2 Å². The van der Waals surface area contributed by atoms with Crippen molar-refractivity contribution < 1.29 is 9.18 Å². The number of hydrogen-bond donors (Lipinski definition) is 4. The predicted octanol–water partition coefficient (Wildman–Crippen LogP) is 6.00. The number of nitrogens with one attached hydrogen (secondary N) is 2. The Morgan fingerprint density at radius 2 is 1.95 bits per heavy atom. The predicted molar refractivity (Wildman–Crippen MR) is 153 cm³/mol. The van der Waals surface area contributed by atoms with E-state index in [1.165, 1.54) is 6.07 Å². The molecule has 0 radical (unpaired) electrons. The van der Waals surface area contributed by atoms with Gasteiger partial charge in [0.25, 0.3) is 0 Å². The molecule has 0 bridgehead atoms. The SMILES string of the molecule is C=C(CC(N)=O)Cc1cnc(C(Nc2ccc3c(N)nccc3c2)c2cc(CC)ccc2F)[nH]1.C=CCC.